The fourth-order valence-electron chi connectivity index (χ4n) is 5.01. The second kappa shape index (κ2) is 11.4. The number of carbonyl (C=O) groups is 1. The Kier molecular flexibility index (Phi) is 7.47. The largest absolute Gasteiger partial charge is 0.478 e. The van der Waals surface area contributed by atoms with Crippen LogP contribution in [0.4, 0.5) is 17.6 Å². The zero-order valence-electron chi connectivity index (χ0n) is 23.0. The zero-order valence-corrected chi connectivity index (χ0v) is 23.0. The Hall–Kier alpha value is -5.31. The highest BCUT2D eigenvalue weighted by molar-refractivity contribution is 5.92. The Morgan fingerprint density at radius 1 is 1.02 bits per heavy atom. The molecule has 0 radical (unpaired) electrons. The third-order valence-corrected chi connectivity index (χ3v) is 7.71. The first-order valence-electron chi connectivity index (χ1n) is 13.6. The van der Waals surface area contributed by atoms with Gasteiger partial charge in [0.2, 0.25) is 0 Å². The summed E-state index contributed by atoms with van der Waals surface area (Å²) < 4.78 is 65.5. The lowest BCUT2D eigenvalue weighted by atomic mass is 10.1. The van der Waals surface area contributed by atoms with E-state index in [1.54, 1.807) is 10.6 Å². The number of carboxylic acid groups (broad SMARTS) is 1. The van der Waals surface area contributed by atoms with Crippen LogP contribution in [0.15, 0.2) is 60.8 Å². The molecule has 1 saturated carbocycles. The van der Waals surface area contributed by atoms with Crippen LogP contribution in [-0.4, -0.2) is 37.3 Å². The van der Waals surface area contributed by atoms with Crippen LogP contribution < -0.4 is 4.74 Å². The number of hydrogen-bond acceptors (Lipinski definition) is 6. The molecule has 12 heteroatoms. The van der Waals surface area contributed by atoms with Crippen molar-refractivity contribution in [1.29, 1.82) is 5.26 Å². The Balaban J connectivity index is 1.26. The van der Waals surface area contributed by atoms with E-state index in [9.17, 15) is 23.1 Å². The van der Waals surface area contributed by atoms with Crippen LogP contribution in [0, 0.1) is 34.2 Å². The van der Waals surface area contributed by atoms with Crippen molar-refractivity contribution in [2.24, 2.45) is 5.41 Å². The lowest BCUT2D eigenvalue weighted by Gasteiger charge is -2.16. The van der Waals surface area contributed by atoms with Gasteiger partial charge in [0.15, 0.2) is 5.82 Å². The molecule has 222 valence electrons. The quantitative estimate of drug-likeness (QED) is 0.184. The summed E-state index contributed by atoms with van der Waals surface area (Å²) in [6.45, 7) is -0.597. The van der Waals surface area contributed by atoms with Crippen molar-refractivity contribution in [2.45, 2.75) is 32.4 Å². The Morgan fingerprint density at radius 3 is 2.52 bits per heavy atom. The molecule has 44 heavy (non-hydrogen) atoms. The molecule has 0 unspecified atom stereocenters. The van der Waals surface area contributed by atoms with Crippen molar-refractivity contribution in [3.8, 4) is 23.3 Å². The predicted octanol–water partition coefficient (Wildman–Crippen LogP) is 6.40. The van der Waals surface area contributed by atoms with E-state index in [0.717, 1.165) is 12.1 Å². The van der Waals surface area contributed by atoms with Gasteiger partial charge in [0.1, 0.15) is 29.6 Å². The number of aromatic nitrogens is 4. The third-order valence-electron chi connectivity index (χ3n) is 7.71. The molecule has 0 atom stereocenters. The lowest BCUT2D eigenvalue weighted by molar-refractivity contribution is 0.0696. The van der Waals surface area contributed by atoms with Crippen molar-refractivity contribution >= 4 is 17.0 Å². The van der Waals surface area contributed by atoms with E-state index in [1.165, 1.54) is 42.6 Å². The second-order valence-corrected chi connectivity index (χ2v) is 10.8. The van der Waals surface area contributed by atoms with Gasteiger partial charge in [-0.3, -0.25) is 4.39 Å². The number of nitriles is 1. The molecule has 3 aromatic carbocycles. The van der Waals surface area contributed by atoms with Gasteiger partial charge >= 0.3 is 12.0 Å². The summed E-state index contributed by atoms with van der Waals surface area (Å²) in [6, 6.07) is 13.9. The fraction of sp³-hybridized carbons (Fsp3) is 0.219. The van der Waals surface area contributed by atoms with Crippen LogP contribution in [0.3, 0.4) is 0 Å². The molecule has 0 spiro atoms. The predicted molar refractivity (Wildman–Crippen MR) is 150 cm³/mol. The highest BCUT2D eigenvalue weighted by Gasteiger charge is 2.44. The van der Waals surface area contributed by atoms with Gasteiger partial charge in [0.25, 0.3) is 0 Å². The van der Waals surface area contributed by atoms with Gasteiger partial charge in [-0.15, -0.1) is 0 Å². The normalized spacial score (nSPS) is 13.5. The van der Waals surface area contributed by atoms with Gasteiger partial charge in [0, 0.05) is 35.7 Å². The molecule has 0 bridgehead atoms. The topological polar surface area (TPSA) is 114 Å². The molecule has 2 aromatic heterocycles. The number of hydrogen-bond donors (Lipinski definition) is 1. The first-order valence-corrected chi connectivity index (χ1v) is 13.6. The zero-order chi connectivity index (χ0) is 31.0. The number of aromatic carboxylic acids is 1. The van der Waals surface area contributed by atoms with E-state index >= 15 is 4.39 Å². The van der Waals surface area contributed by atoms with Gasteiger partial charge in [-0.05, 0) is 60.9 Å². The van der Waals surface area contributed by atoms with Gasteiger partial charge in [0.05, 0.1) is 35.1 Å². The standard InChI is InChI=1S/C32H23F4N5O3/c33-16-32(6-7-32)17-41-27-13-21(30(42)43)12-25(36)29(27)40-28(41)11-18-2-4-22(24(35)9-18)26-5-8-38-31(39-26)44-15-20-3-1-19(14-37)10-23(20)34/h1-5,8-10,12-13H,6-7,11,15-17H2,(H,42,43). The summed E-state index contributed by atoms with van der Waals surface area (Å²) in [5, 5.41) is 18.3. The van der Waals surface area contributed by atoms with Crippen molar-refractivity contribution < 1.29 is 32.2 Å². The molecule has 1 aliphatic rings. The molecule has 1 fully saturated rings. The van der Waals surface area contributed by atoms with E-state index < -0.39 is 35.5 Å². The van der Waals surface area contributed by atoms with Gasteiger partial charge in [-0.2, -0.15) is 10.2 Å². The van der Waals surface area contributed by atoms with Crippen LogP contribution in [-0.2, 0) is 19.6 Å². The molecular formula is C32H23F4N5O3. The Bertz CT molecular complexity index is 1970. The summed E-state index contributed by atoms with van der Waals surface area (Å²) in [7, 11) is 0. The van der Waals surface area contributed by atoms with Crippen LogP contribution in [0.2, 0.25) is 0 Å². The molecule has 0 saturated heterocycles. The van der Waals surface area contributed by atoms with Crippen molar-refractivity contribution in [2.75, 3.05) is 6.67 Å². The van der Waals surface area contributed by atoms with Gasteiger partial charge < -0.3 is 14.4 Å². The molecule has 6 rings (SSSR count). The molecule has 0 amide bonds. The molecule has 1 N–H and O–H groups in total. The van der Waals surface area contributed by atoms with Crippen molar-refractivity contribution in [3.63, 3.8) is 0 Å². The minimum Gasteiger partial charge on any atom is -0.478 e. The van der Waals surface area contributed by atoms with Crippen molar-refractivity contribution in [3.05, 3.63) is 106 Å². The molecule has 8 nitrogen and oxygen atoms in total. The van der Waals surface area contributed by atoms with E-state index in [-0.39, 0.29) is 64.6 Å². The highest BCUT2D eigenvalue weighted by atomic mass is 19.1. The summed E-state index contributed by atoms with van der Waals surface area (Å²) in [5.74, 6) is -2.99. The smallest absolute Gasteiger partial charge is 0.335 e. The molecule has 0 aliphatic heterocycles. The average Bonchev–Trinajstić information content (AvgIpc) is 3.71. The number of ether oxygens (including phenoxy) is 1. The van der Waals surface area contributed by atoms with E-state index in [4.69, 9.17) is 10.00 Å². The summed E-state index contributed by atoms with van der Waals surface area (Å²) in [5.41, 5.74) is 0.552. The number of fused-ring (bicyclic) bond motifs is 1. The molecule has 5 aromatic rings. The van der Waals surface area contributed by atoms with Crippen LogP contribution in [0.5, 0.6) is 6.01 Å². The van der Waals surface area contributed by atoms with E-state index in [2.05, 4.69) is 15.0 Å². The number of nitrogens with zero attached hydrogens (tertiary/aromatic N) is 5. The second-order valence-electron chi connectivity index (χ2n) is 10.8. The SMILES string of the molecule is N#Cc1ccc(COc2nccc(-c3ccc(Cc4nc5c(F)cc(C(=O)O)cc5n4CC4(CF)CC4)cc3F)n2)c(F)c1. The first-order chi connectivity index (χ1) is 21.2. The monoisotopic (exact) mass is 601 g/mol. The minimum absolute atomic E-state index is 0.0360. The van der Waals surface area contributed by atoms with E-state index in [1.807, 2.05) is 6.07 Å². The maximum absolute atomic E-state index is 15.4. The van der Waals surface area contributed by atoms with Gasteiger partial charge in [-0.1, -0.05) is 12.1 Å². The molecule has 2 heterocycles. The number of benzene rings is 3. The maximum atomic E-state index is 15.4. The molecular weight excluding hydrogens is 578 g/mol. The third kappa shape index (κ3) is 5.68. The number of carboxylic acids is 1. The number of halogens is 4. The summed E-state index contributed by atoms with van der Waals surface area (Å²) >= 11 is 0. The van der Waals surface area contributed by atoms with Gasteiger partial charge in [-0.25, -0.2) is 27.9 Å². The summed E-state index contributed by atoms with van der Waals surface area (Å²) in [4.78, 5) is 24.2. The van der Waals surface area contributed by atoms with Crippen LogP contribution >= 0.6 is 0 Å². The fourth-order valence-corrected chi connectivity index (χ4v) is 5.01. The van der Waals surface area contributed by atoms with Crippen LogP contribution in [0.1, 0.15) is 45.7 Å². The number of alkyl halides is 1. The summed E-state index contributed by atoms with van der Waals surface area (Å²) in [6.07, 6.45) is 2.73. The maximum Gasteiger partial charge on any atom is 0.335 e. The Morgan fingerprint density at radius 2 is 1.84 bits per heavy atom. The minimum atomic E-state index is -1.30. The van der Waals surface area contributed by atoms with Crippen LogP contribution in [0.25, 0.3) is 22.3 Å². The highest BCUT2D eigenvalue weighted by Crippen LogP contribution is 2.48. The van der Waals surface area contributed by atoms with E-state index in [0.29, 0.717) is 24.2 Å². The number of rotatable bonds is 10. The molecule has 1 aliphatic carbocycles. The Labute approximate surface area is 248 Å². The first kappa shape index (κ1) is 28.8. The lowest BCUT2D eigenvalue weighted by Crippen LogP contribution is -2.16. The average molecular weight is 602 g/mol. The van der Waals surface area contributed by atoms with Crippen molar-refractivity contribution in [1.82, 2.24) is 19.5 Å². The number of imidazole rings is 1.